The van der Waals surface area contributed by atoms with Crippen LogP contribution >= 0.6 is 11.8 Å². The summed E-state index contributed by atoms with van der Waals surface area (Å²) in [5, 5.41) is 2.95. The lowest BCUT2D eigenvalue weighted by atomic mass is 10.2. The van der Waals surface area contributed by atoms with Gasteiger partial charge in [-0.15, -0.1) is 11.8 Å². The summed E-state index contributed by atoms with van der Waals surface area (Å²) < 4.78 is 0. The fourth-order valence-corrected chi connectivity index (χ4v) is 2.83. The van der Waals surface area contributed by atoms with Crippen LogP contribution in [0.1, 0.15) is 16.7 Å². The number of anilines is 1. The van der Waals surface area contributed by atoms with E-state index in [1.54, 1.807) is 11.8 Å². The van der Waals surface area contributed by atoms with Gasteiger partial charge in [0.25, 0.3) is 0 Å². The van der Waals surface area contributed by atoms with Crippen molar-refractivity contribution in [2.45, 2.75) is 25.7 Å². The van der Waals surface area contributed by atoms with Gasteiger partial charge in [-0.2, -0.15) is 0 Å². The molecule has 0 aliphatic heterocycles. The van der Waals surface area contributed by atoms with Crippen molar-refractivity contribution in [1.29, 1.82) is 0 Å². The van der Waals surface area contributed by atoms with Gasteiger partial charge in [0.2, 0.25) is 5.91 Å². The van der Waals surface area contributed by atoms with Gasteiger partial charge in [0.1, 0.15) is 0 Å². The monoisotopic (exact) mass is 285 g/mol. The number of hydrogen-bond acceptors (Lipinski definition) is 2. The van der Waals surface area contributed by atoms with E-state index in [4.69, 9.17) is 0 Å². The Labute approximate surface area is 124 Å². The Morgan fingerprint density at radius 3 is 2.55 bits per heavy atom. The van der Waals surface area contributed by atoms with Gasteiger partial charge in [-0.05, 0) is 44.0 Å². The molecule has 20 heavy (non-hydrogen) atoms. The van der Waals surface area contributed by atoms with Crippen LogP contribution in [0.5, 0.6) is 0 Å². The van der Waals surface area contributed by atoms with Crippen molar-refractivity contribution in [1.82, 2.24) is 0 Å². The Hall–Kier alpha value is -1.74. The summed E-state index contributed by atoms with van der Waals surface area (Å²) in [6, 6.07) is 14.1. The number of hydrogen-bond donors (Lipinski definition) is 1. The maximum atomic E-state index is 12.0. The number of nitrogens with one attached hydrogen (secondary N) is 1. The first-order valence-corrected chi connectivity index (χ1v) is 7.60. The molecule has 0 saturated heterocycles. The van der Waals surface area contributed by atoms with Gasteiger partial charge in [-0.1, -0.05) is 35.9 Å². The van der Waals surface area contributed by atoms with Crippen LogP contribution in [0, 0.1) is 20.8 Å². The minimum atomic E-state index is 0.0326. The van der Waals surface area contributed by atoms with Crippen LogP contribution in [0.25, 0.3) is 0 Å². The van der Waals surface area contributed by atoms with E-state index in [2.05, 4.69) is 37.4 Å². The molecule has 0 aliphatic rings. The maximum Gasteiger partial charge on any atom is 0.234 e. The highest BCUT2D eigenvalue weighted by Gasteiger charge is 2.07. The molecule has 3 heteroatoms. The third-order valence-electron chi connectivity index (χ3n) is 3.12. The van der Waals surface area contributed by atoms with Crippen molar-refractivity contribution in [3.05, 3.63) is 59.2 Å². The fourth-order valence-electron chi connectivity index (χ4n) is 1.91. The van der Waals surface area contributed by atoms with Crippen molar-refractivity contribution in [2.24, 2.45) is 0 Å². The van der Waals surface area contributed by atoms with Crippen molar-refractivity contribution >= 4 is 23.4 Å². The van der Waals surface area contributed by atoms with Crippen LogP contribution < -0.4 is 5.32 Å². The summed E-state index contributed by atoms with van der Waals surface area (Å²) in [5.74, 6) is 0.462. The zero-order chi connectivity index (χ0) is 14.5. The van der Waals surface area contributed by atoms with E-state index >= 15 is 0 Å². The summed E-state index contributed by atoms with van der Waals surface area (Å²) in [4.78, 5) is 13.2. The molecule has 0 spiro atoms. The van der Waals surface area contributed by atoms with Crippen LogP contribution in [0.3, 0.4) is 0 Å². The molecule has 2 aromatic carbocycles. The van der Waals surface area contributed by atoms with E-state index in [1.165, 1.54) is 16.0 Å². The first kappa shape index (κ1) is 14.7. The molecule has 0 aromatic heterocycles. The standard InChI is InChI=1S/C17H19NOS/c1-12-8-9-14(3)16(10-12)20-11-17(19)18-15-7-5-4-6-13(15)2/h4-10H,11H2,1-3H3,(H,18,19). The molecule has 0 bridgehead atoms. The van der Waals surface area contributed by atoms with Gasteiger partial charge in [-0.3, -0.25) is 4.79 Å². The number of rotatable bonds is 4. The fraction of sp³-hybridized carbons (Fsp3) is 0.235. The summed E-state index contributed by atoms with van der Waals surface area (Å²) in [6.07, 6.45) is 0. The van der Waals surface area contributed by atoms with Crippen LogP contribution in [-0.4, -0.2) is 11.7 Å². The third kappa shape index (κ3) is 3.87. The zero-order valence-corrected chi connectivity index (χ0v) is 12.9. The highest BCUT2D eigenvalue weighted by Crippen LogP contribution is 2.24. The number of amides is 1. The molecule has 0 saturated carbocycles. The lowest BCUT2D eigenvalue weighted by molar-refractivity contribution is -0.113. The van der Waals surface area contributed by atoms with Gasteiger partial charge in [0.15, 0.2) is 0 Å². The molecule has 0 aliphatic carbocycles. The Kier molecular flexibility index (Phi) is 4.85. The number of aryl methyl sites for hydroxylation is 3. The van der Waals surface area contributed by atoms with E-state index in [0.29, 0.717) is 5.75 Å². The van der Waals surface area contributed by atoms with Crippen LogP contribution in [0.15, 0.2) is 47.4 Å². The van der Waals surface area contributed by atoms with Gasteiger partial charge in [0.05, 0.1) is 5.75 Å². The topological polar surface area (TPSA) is 29.1 Å². The van der Waals surface area contributed by atoms with E-state index in [9.17, 15) is 4.79 Å². The lowest BCUT2D eigenvalue weighted by Crippen LogP contribution is -2.14. The van der Waals surface area contributed by atoms with E-state index < -0.39 is 0 Å². The second-order valence-corrected chi connectivity index (χ2v) is 5.94. The predicted octanol–water partition coefficient (Wildman–Crippen LogP) is 4.34. The van der Waals surface area contributed by atoms with Gasteiger partial charge >= 0.3 is 0 Å². The first-order valence-electron chi connectivity index (χ1n) is 6.62. The lowest BCUT2D eigenvalue weighted by Gasteiger charge is -2.09. The molecular weight excluding hydrogens is 266 g/mol. The first-order chi connectivity index (χ1) is 9.56. The van der Waals surface area contributed by atoms with E-state index in [0.717, 1.165) is 11.3 Å². The highest BCUT2D eigenvalue weighted by atomic mass is 32.2. The molecule has 0 unspecified atom stereocenters. The number of carbonyl (C=O) groups excluding carboxylic acids is 1. The maximum absolute atomic E-state index is 12.0. The summed E-state index contributed by atoms with van der Waals surface area (Å²) in [6.45, 7) is 6.13. The Bertz CT molecular complexity index is 622. The van der Waals surface area contributed by atoms with Gasteiger partial charge in [0, 0.05) is 10.6 Å². The molecule has 0 heterocycles. The van der Waals surface area contributed by atoms with Crippen LogP contribution in [0.2, 0.25) is 0 Å². The predicted molar refractivity (Wildman–Crippen MR) is 86.4 cm³/mol. The van der Waals surface area contributed by atoms with Gasteiger partial charge < -0.3 is 5.32 Å². The third-order valence-corrected chi connectivity index (χ3v) is 4.28. The van der Waals surface area contributed by atoms with Gasteiger partial charge in [-0.25, -0.2) is 0 Å². The van der Waals surface area contributed by atoms with Crippen molar-refractivity contribution in [3.63, 3.8) is 0 Å². The molecule has 0 radical (unpaired) electrons. The minimum absolute atomic E-state index is 0.0326. The summed E-state index contributed by atoms with van der Waals surface area (Å²) in [7, 11) is 0. The Morgan fingerprint density at radius 1 is 1.05 bits per heavy atom. The number of para-hydroxylation sites is 1. The van der Waals surface area contributed by atoms with Crippen molar-refractivity contribution in [2.75, 3.05) is 11.1 Å². The van der Waals surface area contributed by atoms with Crippen LogP contribution in [-0.2, 0) is 4.79 Å². The van der Waals surface area contributed by atoms with Crippen LogP contribution in [0.4, 0.5) is 5.69 Å². The zero-order valence-electron chi connectivity index (χ0n) is 12.1. The number of carbonyl (C=O) groups is 1. The molecule has 1 amide bonds. The van der Waals surface area contributed by atoms with E-state index in [-0.39, 0.29) is 5.91 Å². The quantitative estimate of drug-likeness (QED) is 0.847. The molecular formula is C17H19NOS. The Morgan fingerprint density at radius 2 is 1.80 bits per heavy atom. The summed E-state index contributed by atoms with van der Waals surface area (Å²) >= 11 is 1.58. The second kappa shape index (κ2) is 6.62. The molecule has 1 N–H and O–H groups in total. The molecule has 0 atom stereocenters. The molecule has 2 aromatic rings. The molecule has 2 rings (SSSR count). The molecule has 0 fully saturated rings. The smallest absolute Gasteiger partial charge is 0.234 e. The minimum Gasteiger partial charge on any atom is -0.325 e. The average molecular weight is 285 g/mol. The normalized spacial score (nSPS) is 10.3. The second-order valence-electron chi connectivity index (χ2n) is 4.92. The largest absolute Gasteiger partial charge is 0.325 e. The summed E-state index contributed by atoms with van der Waals surface area (Å²) in [5.41, 5.74) is 4.40. The Balaban J connectivity index is 1.96. The average Bonchev–Trinajstić information content (AvgIpc) is 2.42. The van der Waals surface area contributed by atoms with Crippen molar-refractivity contribution in [3.8, 4) is 0 Å². The number of benzene rings is 2. The molecule has 2 nitrogen and oxygen atoms in total. The van der Waals surface area contributed by atoms with Crippen molar-refractivity contribution < 1.29 is 4.79 Å². The SMILES string of the molecule is Cc1ccc(C)c(SCC(=O)Nc2ccccc2C)c1. The molecule has 104 valence electrons. The highest BCUT2D eigenvalue weighted by molar-refractivity contribution is 8.00. The number of thioether (sulfide) groups is 1. The van der Waals surface area contributed by atoms with E-state index in [1.807, 2.05) is 31.2 Å².